The van der Waals surface area contributed by atoms with Gasteiger partial charge in [0.25, 0.3) is 0 Å². The number of aryl methyl sites for hydroxylation is 1. The van der Waals surface area contributed by atoms with E-state index in [9.17, 15) is 9.59 Å². The van der Waals surface area contributed by atoms with Gasteiger partial charge in [-0.1, -0.05) is 23.7 Å². The summed E-state index contributed by atoms with van der Waals surface area (Å²) in [5, 5.41) is 22.7. The van der Waals surface area contributed by atoms with Crippen LogP contribution in [-0.4, -0.2) is 34.9 Å². The molecule has 0 spiro atoms. The first kappa shape index (κ1) is 15.3. The fourth-order valence-corrected chi connectivity index (χ4v) is 1.75. The van der Waals surface area contributed by atoms with Crippen molar-refractivity contribution in [3.8, 4) is 0 Å². The molecule has 1 aromatic rings. The number of para-hydroxylation sites is 1. The Hall–Kier alpha value is -1.79. The summed E-state index contributed by atoms with van der Waals surface area (Å²) in [5.41, 5.74) is 1.19. The maximum atomic E-state index is 11.7. The Balaban J connectivity index is 2.72. The van der Waals surface area contributed by atoms with Crippen molar-refractivity contribution in [3.63, 3.8) is 0 Å². The van der Waals surface area contributed by atoms with Crippen LogP contribution in [0.3, 0.4) is 0 Å². The Morgan fingerprint density at radius 1 is 1.42 bits per heavy atom. The van der Waals surface area contributed by atoms with Crippen molar-refractivity contribution in [2.75, 3.05) is 11.9 Å². The molecule has 0 saturated heterocycles. The van der Waals surface area contributed by atoms with E-state index in [2.05, 4.69) is 10.6 Å². The number of carbonyl (C=O) groups is 2. The van der Waals surface area contributed by atoms with Gasteiger partial charge in [0, 0.05) is 13.0 Å². The van der Waals surface area contributed by atoms with Crippen LogP contribution in [0, 0.1) is 6.92 Å². The third kappa shape index (κ3) is 4.42. The molecule has 0 aromatic heterocycles. The zero-order valence-corrected chi connectivity index (χ0v) is 11.1. The van der Waals surface area contributed by atoms with Crippen molar-refractivity contribution in [3.05, 3.63) is 28.8 Å². The van der Waals surface area contributed by atoms with Crippen molar-refractivity contribution in [2.45, 2.75) is 19.4 Å². The average molecular weight is 287 g/mol. The van der Waals surface area contributed by atoms with E-state index in [1.807, 2.05) is 0 Å². The lowest BCUT2D eigenvalue weighted by atomic mass is 10.2. The molecule has 104 valence electrons. The van der Waals surface area contributed by atoms with Crippen LogP contribution >= 0.6 is 11.6 Å². The molecule has 7 heteroatoms. The van der Waals surface area contributed by atoms with E-state index < -0.39 is 18.0 Å². The number of hydrogen-bond acceptors (Lipinski definition) is 3. The summed E-state index contributed by atoms with van der Waals surface area (Å²) in [6, 6.07) is 3.30. The van der Waals surface area contributed by atoms with Gasteiger partial charge in [0.2, 0.25) is 0 Å². The first-order chi connectivity index (χ1) is 8.95. The fraction of sp³-hybridized carbons (Fsp3) is 0.333. The van der Waals surface area contributed by atoms with Gasteiger partial charge in [-0.05, 0) is 18.6 Å². The highest BCUT2D eigenvalue weighted by molar-refractivity contribution is 6.33. The van der Waals surface area contributed by atoms with Crippen LogP contribution in [0.4, 0.5) is 10.5 Å². The minimum absolute atomic E-state index is 0.0652. The molecule has 2 amide bonds. The highest BCUT2D eigenvalue weighted by Gasteiger charge is 2.19. The van der Waals surface area contributed by atoms with Gasteiger partial charge >= 0.3 is 12.0 Å². The molecule has 0 aliphatic rings. The van der Waals surface area contributed by atoms with Crippen LogP contribution < -0.4 is 10.6 Å². The Morgan fingerprint density at radius 2 is 2.11 bits per heavy atom. The molecule has 0 bridgehead atoms. The van der Waals surface area contributed by atoms with Crippen LogP contribution in [0.1, 0.15) is 12.0 Å². The molecule has 1 atom stereocenters. The summed E-state index contributed by atoms with van der Waals surface area (Å²) in [4.78, 5) is 22.5. The number of aliphatic carboxylic acids is 1. The van der Waals surface area contributed by atoms with Gasteiger partial charge in [-0.25, -0.2) is 9.59 Å². The van der Waals surface area contributed by atoms with E-state index in [1.54, 1.807) is 25.1 Å². The first-order valence-corrected chi connectivity index (χ1v) is 5.99. The standard InChI is InChI=1S/C12H15ClN2O4/c1-7-3-2-4-8(13)10(7)15-12(19)14-9(5-6-16)11(17)18/h2-4,9,16H,5-6H2,1H3,(H,17,18)(H2,14,15,19). The molecule has 1 aromatic carbocycles. The highest BCUT2D eigenvalue weighted by atomic mass is 35.5. The van der Waals surface area contributed by atoms with Crippen LogP contribution in [-0.2, 0) is 4.79 Å². The molecule has 19 heavy (non-hydrogen) atoms. The van der Waals surface area contributed by atoms with Crippen LogP contribution in [0.25, 0.3) is 0 Å². The number of rotatable bonds is 5. The third-order valence-electron chi connectivity index (χ3n) is 2.48. The third-order valence-corrected chi connectivity index (χ3v) is 2.80. The fourth-order valence-electron chi connectivity index (χ4n) is 1.48. The lowest BCUT2D eigenvalue weighted by Crippen LogP contribution is -2.43. The molecule has 0 aliphatic carbocycles. The van der Waals surface area contributed by atoms with Gasteiger partial charge in [-0.2, -0.15) is 0 Å². The number of amides is 2. The van der Waals surface area contributed by atoms with Crippen molar-refractivity contribution >= 4 is 29.3 Å². The van der Waals surface area contributed by atoms with Gasteiger partial charge < -0.3 is 20.8 Å². The number of halogens is 1. The number of benzene rings is 1. The summed E-state index contributed by atoms with van der Waals surface area (Å²) in [5.74, 6) is -1.21. The van der Waals surface area contributed by atoms with Crippen LogP contribution in [0.15, 0.2) is 18.2 Å². The SMILES string of the molecule is Cc1cccc(Cl)c1NC(=O)NC(CCO)C(=O)O. The monoisotopic (exact) mass is 286 g/mol. The summed E-state index contributed by atoms with van der Waals surface area (Å²) in [6.07, 6.45) is -0.0652. The summed E-state index contributed by atoms with van der Waals surface area (Å²) in [6.45, 7) is 1.44. The van der Waals surface area contributed by atoms with Crippen molar-refractivity contribution < 1.29 is 19.8 Å². The number of carboxylic acids is 1. The van der Waals surface area contributed by atoms with E-state index >= 15 is 0 Å². The predicted octanol–water partition coefficient (Wildman–Crippen LogP) is 1.61. The van der Waals surface area contributed by atoms with Gasteiger partial charge in [-0.3, -0.25) is 0 Å². The van der Waals surface area contributed by atoms with Crippen LogP contribution in [0.2, 0.25) is 5.02 Å². The minimum Gasteiger partial charge on any atom is -0.480 e. The van der Waals surface area contributed by atoms with Gasteiger partial charge in [-0.15, -0.1) is 0 Å². The second kappa shape index (κ2) is 6.96. The molecule has 0 radical (unpaired) electrons. The number of carbonyl (C=O) groups excluding carboxylic acids is 1. The lowest BCUT2D eigenvalue weighted by molar-refractivity contribution is -0.139. The Kier molecular flexibility index (Phi) is 5.59. The molecule has 0 aliphatic heterocycles. The molecule has 0 heterocycles. The average Bonchev–Trinajstić information content (AvgIpc) is 2.33. The number of aliphatic hydroxyl groups is 1. The Labute approximate surface area is 115 Å². The second-order valence-electron chi connectivity index (χ2n) is 3.93. The second-order valence-corrected chi connectivity index (χ2v) is 4.34. The van der Waals surface area contributed by atoms with Gasteiger partial charge in [0.05, 0.1) is 10.7 Å². The lowest BCUT2D eigenvalue weighted by Gasteiger charge is -2.15. The molecule has 0 fully saturated rings. The maximum Gasteiger partial charge on any atom is 0.326 e. The predicted molar refractivity (Wildman–Crippen MR) is 71.5 cm³/mol. The number of urea groups is 1. The van der Waals surface area contributed by atoms with Crippen LogP contribution in [0.5, 0.6) is 0 Å². The summed E-state index contributed by atoms with van der Waals surface area (Å²) < 4.78 is 0. The number of nitrogens with one attached hydrogen (secondary N) is 2. The zero-order valence-electron chi connectivity index (χ0n) is 10.3. The zero-order chi connectivity index (χ0) is 14.4. The quantitative estimate of drug-likeness (QED) is 0.661. The number of hydrogen-bond donors (Lipinski definition) is 4. The maximum absolute atomic E-state index is 11.7. The molecule has 6 nitrogen and oxygen atoms in total. The number of aliphatic hydroxyl groups excluding tert-OH is 1. The van der Waals surface area contributed by atoms with E-state index in [1.165, 1.54) is 0 Å². The van der Waals surface area contributed by atoms with E-state index in [-0.39, 0.29) is 13.0 Å². The molecule has 1 rings (SSSR count). The number of carboxylic acid groups (broad SMARTS) is 1. The van der Waals surface area contributed by atoms with Gasteiger partial charge in [0.1, 0.15) is 6.04 Å². The topological polar surface area (TPSA) is 98.7 Å². The Morgan fingerprint density at radius 3 is 2.63 bits per heavy atom. The highest BCUT2D eigenvalue weighted by Crippen LogP contribution is 2.24. The summed E-state index contributed by atoms with van der Waals surface area (Å²) >= 11 is 5.94. The van der Waals surface area contributed by atoms with E-state index in [0.29, 0.717) is 10.7 Å². The van der Waals surface area contributed by atoms with Crippen molar-refractivity contribution in [1.29, 1.82) is 0 Å². The first-order valence-electron chi connectivity index (χ1n) is 5.62. The normalized spacial score (nSPS) is 11.7. The number of anilines is 1. The molecular formula is C12H15ClN2O4. The Bertz CT molecular complexity index is 459. The summed E-state index contributed by atoms with van der Waals surface area (Å²) in [7, 11) is 0. The molecule has 1 unspecified atom stereocenters. The smallest absolute Gasteiger partial charge is 0.326 e. The molecule has 0 saturated carbocycles. The van der Waals surface area contributed by atoms with Gasteiger partial charge in [0.15, 0.2) is 0 Å². The minimum atomic E-state index is -1.21. The van der Waals surface area contributed by atoms with Crippen molar-refractivity contribution in [1.82, 2.24) is 5.32 Å². The van der Waals surface area contributed by atoms with E-state index in [0.717, 1.165) is 5.56 Å². The van der Waals surface area contributed by atoms with E-state index in [4.69, 9.17) is 21.8 Å². The largest absolute Gasteiger partial charge is 0.480 e. The molecular weight excluding hydrogens is 272 g/mol. The van der Waals surface area contributed by atoms with Crippen molar-refractivity contribution in [2.24, 2.45) is 0 Å². The molecule has 4 N–H and O–H groups in total.